The lowest BCUT2D eigenvalue weighted by atomic mass is 9.93. The van der Waals surface area contributed by atoms with Crippen LogP contribution in [0, 0.1) is 6.92 Å². The first-order valence-electron chi connectivity index (χ1n) is 6.90. The zero-order valence-electron chi connectivity index (χ0n) is 11.2. The van der Waals surface area contributed by atoms with E-state index in [1.54, 1.807) is 0 Å². The van der Waals surface area contributed by atoms with Crippen LogP contribution in [0.25, 0.3) is 0 Å². The lowest BCUT2D eigenvalue weighted by Crippen LogP contribution is -2.01. The molecule has 0 radical (unpaired) electrons. The number of halogens is 1. The second-order valence-electron chi connectivity index (χ2n) is 4.97. The molecule has 0 aliphatic carbocycles. The minimum atomic E-state index is 0.540. The number of alkyl halides is 1. The minimum absolute atomic E-state index is 0.540. The summed E-state index contributed by atoms with van der Waals surface area (Å²) in [5, 5.41) is 0. The summed E-state index contributed by atoms with van der Waals surface area (Å²) in [6.07, 6.45) is 7.96. The van der Waals surface area contributed by atoms with Gasteiger partial charge in [0.15, 0.2) is 0 Å². The smallest absolute Gasteiger partial charge is 0.0292 e. The van der Waals surface area contributed by atoms with Gasteiger partial charge >= 0.3 is 0 Å². The number of rotatable bonds is 8. The number of unbranched alkanes of at least 4 members (excludes halogenated alkanes) is 4. The van der Waals surface area contributed by atoms with E-state index in [9.17, 15) is 0 Å². The molecule has 0 spiro atoms. The van der Waals surface area contributed by atoms with E-state index in [0.717, 1.165) is 5.88 Å². The predicted molar refractivity (Wildman–Crippen MR) is 78.0 cm³/mol. The molecule has 1 unspecified atom stereocenters. The highest BCUT2D eigenvalue weighted by molar-refractivity contribution is 6.18. The summed E-state index contributed by atoms with van der Waals surface area (Å²) in [6.45, 7) is 4.41. The fourth-order valence-electron chi connectivity index (χ4n) is 2.25. The molecular weight excluding hydrogens is 228 g/mol. The Morgan fingerprint density at radius 3 is 2.53 bits per heavy atom. The van der Waals surface area contributed by atoms with Gasteiger partial charge in [-0.2, -0.15) is 0 Å². The van der Waals surface area contributed by atoms with E-state index in [0.29, 0.717) is 5.92 Å². The third-order valence-corrected chi connectivity index (χ3v) is 3.73. The van der Waals surface area contributed by atoms with Crippen LogP contribution in [0.4, 0.5) is 0 Å². The van der Waals surface area contributed by atoms with Gasteiger partial charge < -0.3 is 0 Å². The van der Waals surface area contributed by atoms with Crippen molar-refractivity contribution in [2.75, 3.05) is 5.88 Å². The van der Waals surface area contributed by atoms with Crippen LogP contribution < -0.4 is 0 Å². The molecule has 0 aliphatic heterocycles. The van der Waals surface area contributed by atoms with Gasteiger partial charge in [-0.05, 0) is 24.8 Å². The van der Waals surface area contributed by atoms with Gasteiger partial charge in [-0.3, -0.25) is 0 Å². The largest absolute Gasteiger partial charge is 0.126 e. The Balaban J connectivity index is 2.38. The molecule has 0 fully saturated rings. The monoisotopic (exact) mass is 252 g/mol. The maximum atomic E-state index is 6.09. The average Bonchev–Trinajstić information content (AvgIpc) is 2.34. The van der Waals surface area contributed by atoms with Gasteiger partial charge in [-0.15, -0.1) is 11.6 Å². The van der Waals surface area contributed by atoms with Gasteiger partial charge in [-0.1, -0.05) is 68.9 Å². The van der Waals surface area contributed by atoms with Crippen LogP contribution in [-0.2, 0) is 0 Å². The van der Waals surface area contributed by atoms with Crippen molar-refractivity contribution >= 4 is 11.6 Å². The Morgan fingerprint density at radius 2 is 1.88 bits per heavy atom. The van der Waals surface area contributed by atoms with Crippen molar-refractivity contribution < 1.29 is 0 Å². The first kappa shape index (κ1) is 14.6. The zero-order chi connectivity index (χ0) is 12.5. The second kappa shape index (κ2) is 8.58. The van der Waals surface area contributed by atoms with E-state index in [-0.39, 0.29) is 0 Å². The lowest BCUT2D eigenvalue weighted by Gasteiger charge is -2.14. The van der Waals surface area contributed by atoms with Crippen LogP contribution in [0.2, 0.25) is 0 Å². The number of hydrogen-bond donors (Lipinski definition) is 0. The van der Waals surface area contributed by atoms with Gasteiger partial charge in [0.05, 0.1) is 0 Å². The predicted octanol–water partition coefficient (Wildman–Crippen LogP) is 5.68. The van der Waals surface area contributed by atoms with E-state index in [2.05, 4.69) is 38.1 Å². The summed E-state index contributed by atoms with van der Waals surface area (Å²) in [5.74, 6) is 1.29. The minimum Gasteiger partial charge on any atom is -0.126 e. The van der Waals surface area contributed by atoms with Gasteiger partial charge in [-0.25, -0.2) is 0 Å². The highest BCUT2D eigenvalue weighted by Crippen LogP contribution is 2.24. The van der Waals surface area contributed by atoms with Crippen LogP contribution in [0.3, 0.4) is 0 Å². The van der Waals surface area contributed by atoms with Crippen molar-refractivity contribution in [3.05, 3.63) is 35.4 Å². The molecule has 1 aromatic carbocycles. The molecule has 0 bridgehead atoms. The Bertz CT molecular complexity index is 306. The summed E-state index contributed by atoms with van der Waals surface area (Å²) < 4.78 is 0. The summed E-state index contributed by atoms with van der Waals surface area (Å²) in [6, 6.07) is 8.78. The van der Waals surface area contributed by atoms with E-state index in [1.807, 2.05) is 0 Å². The quantitative estimate of drug-likeness (QED) is 0.413. The van der Waals surface area contributed by atoms with E-state index in [1.165, 1.54) is 49.7 Å². The van der Waals surface area contributed by atoms with Crippen molar-refractivity contribution in [1.82, 2.24) is 0 Å². The maximum Gasteiger partial charge on any atom is 0.0292 e. The van der Waals surface area contributed by atoms with Crippen LogP contribution in [-0.4, -0.2) is 5.88 Å². The normalized spacial score (nSPS) is 12.6. The zero-order valence-corrected chi connectivity index (χ0v) is 12.0. The number of hydrogen-bond acceptors (Lipinski definition) is 0. The molecule has 0 saturated heterocycles. The van der Waals surface area contributed by atoms with E-state index in [4.69, 9.17) is 11.6 Å². The fourth-order valence-corrected chi connectivity index (χ4v) is 2.58. The summed E-state index contributed by atoms with van der Waals surface area (Å²) >= 11 is 6.09. The molecule has 0 aliphatic rings. The molecule has 1 rings (SSSR count). The van der Waals surface area contributed by atoms with E-state index < -0.39 is 0 Å². The Kier molecular flexibility index (Phi) is 7.35. The highest BCUT2D eigenvalue weighted by atomic mass is 35.5. The molecule has 96 valence electrons. The molecular formula is C16H25Cl. The SMILES string of the molecule is CCCCCCCC(CCl)c1cccc(C)c1. The van der Waals surface area contributed by atoms with Gasteiger partial charge in [0, 0.05) is 5.88 Å². The average molecular weight is 253 g/mol. The Morgan fingerprint density at radius 1 is 1.12 bits per heavy atom. The first-order chi connectivity index (χ1) is 8.27. The van der Waals surface area contributed by atoms with Gasteiger partial charge in [0.1, 0.15) is 0 Å². The molecule has 17 heavy (non-hydrogen) atoms. The highest BCUT2D eigenvalue weighted by Gasteiger charge is 2.09. The first-order valence-corrected chi connectivity index (χ1v) is 7.44. The molecule has 0 amide bonds. The molecule has 0 nitrogen and oxygen atoms in total. The van der Waals surface area contributed by atoms with Crippen molar-refractivity contribution in [2.45, 2.75) is 58.3 Å². The number of aryl methyl sites for hydroxylation is 1. The third kappa shape index (κ3) is 5.59. The third-order valence-electron chi connectivity index (χ3n) is 3.36. The van der Waals surface area contributed by atoms with Crippen molar-refractivity contribution in [2.24, 2.45) is 0 Å². The molecule has 1 atom stereocenters. The Hall–Kier alpha value is -0.490. The van der Waals surface area contributed by atoms with Crippen LogP contribution in [0.1, 0.15) is 62.5 Å². The van der Waals surface area contributed by atoms with E-state index >= 15 is 0 Å². The molecule has 1 heteroatoms. The molecule has 0 saturated carbocycles. The van der Waals surface area contributed by atoms with Gasteiger partial charge in [0.25, 0.3) is 0 Å². The Labute approximate surface area is 111 Å². The van der Waals surface area contributed by atoms with Gasteiger partial charge in [0.2, 0.25) is 0 Å². The van der Waals surface area contributed by atoms with Crippen molar-refractivity contribution in [3.8, 4) is 0 Å². The molecule has 0 N–H and O–H groups in total. The molecule has 0 heterocycles. The lowest BCUT2D eigenvalue weighted by molar-refractivity contribution is 0.569. The van der Waals surface area contributed by atoms with Crippen LogP contribution in [0.5, 0.6) is 0 Å². The van der Waals surface area contributed by atoms with Crippen LogP contribution >= 0.6 is 11.6 Å². The summed E-state index contributed by atoms with van der Waals surface area (Å²) in [7, 11) is 0. The summed E-state index contributed by atoms with van der Waals surface area (Å²) in [5.41, 5.74) is 2.75. The second-order valence-corrected chi connectivity index (χ2v) is 5.28. The van der Waals surface area contributed by atoms with Crippen LogP contribution in [0.15, 0.2) is 24.3 Å². The van der Waals surface area contributed by atoms with Crippen molar-refractivity contribution in [1.29, 1.82) is 0 Å². The van der Waals surface area contributed by atoms with Crippen molar-refractivity contribution in [3.63, 3.8) is 0 Å². The molecule has 0 aromatic heterocycles. The summed E-state index contributed by atoms with van der Waals surface area (Å²) in [4.78, 5) is 0. The molecule has 1 aromatic rings. The maximum absolute atomic E-state index is 6.09. The standard InChI is InChI=1S/C16H25Cl/c1-3-4-5-6-7-10-16(13-17)15-11-8-9-14(2)12-15/h8-9,11-12,16H,3-7,10,13H2,1-2H3. The topological polar surface area (TPSA) is 0 Å². The fraction of sp³-hybridized carbons (Fsp3) is 0.625. The number of benzene rings is 1.